The van der Waals surface area contributed by atoms with Crippen molar-refractivity contribution in [2.45, 2.75) is 45.8 Å². The Morgan fingerprint density at radius 1 is 1.25 bits per heavy atom. The van der Waals surface area contributed by atoms with Crippen molar-refractivity contribution in [3.63, 3.8) is 0 Å². The molecule has 0 saturated heterocycles. The Morgan fingerprint density at radius 2 is 2.00 bits per heavy atom. The summed E-state index contributed by atoms with van der Waals surface area (Å²) in [4.78, 5) is 39.9. The van der Waals surface area contributed by atoms with Gasteiger partial charge in [0, 0.05) is 26.2 Å². The minimum Gasteiger partial charge on any atom is -0.497 e. The van der Waals surface area contributed by atoms with Gasteiger partial charge in [-0.25, -0.2) is 0 Å². The van der Waals surface area contributed by atoms with Crippen molar-refractivity contribution in [3.8, 4) is 5.75 Å². The second-order valence-electron chi connectivity index (χ2n) is 8.68. The Hall–Kier alpha value is -3.36. The Balaban J connectivity index is 1.72. The molecule has 1 atom stereocenters. The highest BCUT2D eigenvalue weighted by Gasteiger charge is 2.46. The first-order valence-corrected chi connectivity index (χ1v) is 10.7. The fraction of sp³-hybridized carbons (Fsp3) is 0.478. The molecule has 3 rings (SSSR count). The molecule has 9 heteroatoms. The molecule has 0 radical (unpaired) electrons. The van der Waals surface area contributed by atoms with Gasteiger partial charge in [0.2, 0.25) is 5.91 Å². The van der Waals surface area contributed by atoms with Crippen molar-refractivity contribution >= 4 is 17.7 Å². The molecule has 1 aromatic heterocycles. The number of nitrogens with zero attached hydrogens (tertiary/aromatic N) is 3. The molecule has 2 aromatic rings. The van der Waals surface area contributed by atoms with Gasteiger partial charge in [-0.2, -0.15) is 5.10 Å². The number of ether oxygens (including phenoxy) is 1. The first kappa shape index (κ1) is 23.3. The lowest BCUT2D eigenvalue weighted by Crippen LogP contribution is -2.62. The van der Waals surface area contributed by atoms with Crippen LogP contribution >= 0.6 is 0 Å². The summed E-state index contributed by atoms with van der Waals surface area (Å²) < 4.78 is 6.64. The van der Waals surface area contributed by atoms with Gasteiger partial charge in [0.25, 0.3) is 11.8 Å². The third-order valence-corrected chi connectivity index (χ3v) is 5.82. The minimum absolute atomic E-state index is 0.133. The Kier molecular flexibility index (Phi) is 6.86. The van der Waals surface area contributed by atoms with E-state index in [1.165, 1.54) is 15.6 Å². The maximum atomic E-state index is 12.9. The third-order valence-electron chi connectivity index (χ3n) is 5.82. The van der Waals surface area contributed by atoms with Crippen LogP contribution < -0.4 is 15.4 Å². The standard InChI is InChI=1S/C23H31N5O4/c1-15(2)9-10-24-22(31)23(3)14-28-19(21(30)27(23)4)12-18(26-28)20(29)25-13-16-7-6-8-17(11-16)32-5/h6-8,11-12,15H,9-10,13-14H2,1-5H3,(H,24,31)(H,25,29). The largest absolute Gasteiger partial charge is 0.497 e. The monoisotopic (exact) mass is 441 g/mol. The summed E-state index contributed by atoms with van der Waals surface area (Å²) in [5, 5.41) is 10.0. The van der Waals surface area contributed by atoms with Crippen molar-refractivity contribution in [3.05, 3.63) is 47.3 Å². The predicted molar refractivity (Wildman–Crippen MR) is 119 cm³/mol. The molecule has 2 heterocycles. The van der Waals surface area contributed by atoms with Crippen LogP contribution in [-0.2, 0) is 17.9 Å². The second-order valence-corrected chi connectivity index (χ2v) is 8.68. The fourth-order valence-electron chi connectivity index (χ4n) is 3.56. The topological polar surface area (TPSA) is 106 Å². The number of methoxy groups -OCH3 is 1. The molecule has 1 unspecified atom stereocenters. The second kappa shape index (κ2) is 9.42. The van der Waals surface area contributed by atoms with E-state index < -0.39 is 11.4 Å². The Bertz CT molecular complexity index is 1020. The summed E-state index contributed by atoms with van der Waals surface area (Å²) in [5.74, 6) is 0.183. The summed E-state index contributed by atoms with van der Waals surface area (Å²) in [6.45, 7) is 6.88. The molecule has 1 aromatic carbocycles. The molecule has 0 saturated carbocycles. The van der Waals surface area contributed by atoms with E-state index in [2.05, 4.69) is 29.6 Å². The van der Waals surface area contributed by atoms with Gasteiger partial charge in [-0.15, -0.1) is 0 Å². The van der Waals surface area contributed by atoms with Crippen molar-refractivity contribution in [1.82, 2.24) is 25.3 Å². The molecule has 3 amide bonds. The van der Waals surface area contributed by atoms with E-state index >= 15 is 0 Å². The number of nitrogens with one attached hydrogen (secondary N) is 2. The first-order valence-electron chi connectivity index (χ1n) is 10.7. The van der Waals surface area contributed by atoms with Crippen LogP contribution in [0, 0.1) is 5.92 Å². The van der Waals surface area contributed by atoms with Gasteiger partial charge < -0.3 is 20.3 Å². The molecule has 0 fully saturated rings. The summed E-state index contributed by atoms with van der Waals surface area (Å²) in [6.07, 6.45) is 0.851. The lowest BCUT2D eigenvalue weighted by molar-refractivity contribution is -0.132. The van der Waals surface area contributed by atoms with Gasteiger partial charge in [-0.1, -0.05) is 26.0 Å². The third kappa shape index (κ3) is 4.76. The zero-order valence-electron chi connectivity index (χ0n) is 19.3. The lowest BCUT2D eigenvalue weighted by Gasteiger charge is -2.40. The van der Waals surface area contributed by atoms with E-state index in [1.807, 2.05) is 24.3 Å². The smallest absolute Gasteiger partial charge is 0.272 e. The van der Waals surface area contributed by atoms with Gasteiger partial charge >= 0.3 is 0 Å². The SMILES string of the molecule is COc1cccc(CNC(=O)c2cc3n(n2)CC(C)(C(=O)NCCC(C)C)N(C)C3=O)c1. The van der Waals surface area contributed by atoms with Crippen LogP contribution in [0.5, 0.6) is 5.75 Å². The maximum Gasteiger partial charge on any atom is 0.272 e. The molecular weight excluding hydrogens is 410 g/mol. The predicted octanol–water partition coefficient (Wildman–Crippen LogP) is 1.83. The number of likely N-dealkylation sites (N-methyl/N-ethyl adjacent to an activating group) is 1. The average molecular weight is 442 g/mol. The molecule has 1 aliphatic rings. The molecular formula is C23H31N5O4. The van der Waals surface area contributed by atoms with E-state index in [9.17, 15) is 14.4 Å². The summed E-state index contributed by atoms with van der Waals surface area (Å²) in [6, 6.07) is 8.85. The number of fused-ring (bicyclic) bond motifs is 1. The number of carbonyl (C=O) groups excluding carboxylic acids is 3. The van der Waals surface area contributed by atoms with Gasteiger partial charge in [0.05, 0.1) is 13.7 Å². The number of benzene rings is 1. The molecule has 172 valence electrons. The van der Waals surface area contributed by atoms with Crippen LogP contribution in [-0.4, -0.2) is 58.6 Å². The average Bonchev–Trinajstić information content (AvgIpc) is 3.19. The van der Waals surface area contributed by atoms with Gasteiger partial charge in [-0.3, -0.25) is 19.1 Å². The summed E-state index contributed by atoms with van der Waals surface area (Å²) in [5.41, 5.74) is 0.199. The van der Waals surface area contributed by atoms with E-state index in [0.29, 0.717) is 24.8 Å². The van der Waals surface area contributed by atoms with E-state index in [1.54, 1.807) is 21.1 Å². The Labute approximate surface area is 188 Å². The molecule has 2 N–H and O–H groups in total. The van der Waals surface area contributed by atoms with E-state index in [4.69, 9.17) is 4.74 Å². The number of hydrogen-bond acceptors (Lipinski definition) is 5. The molecule has 9 nitrogen and oxygen atoms in total. The van der Waals surface area contributed by atoms with Crippen LogP contribution in [0.2, 0.25) is 0 Å². The van der Waals surface area contributed by atoms with Crippen LogP contribution in [0.4, 0.5) is 0 Å². The lowest BCUT2D eigenvalue weighted by atomic mass is 9.95. The minimum atomic E-state index is -1.10. The number of hydrogen-bond donors (Lipinski definition) is 2. The quantitative estimate of drug-likeness (QED) is 0.650. The normalized spacial score (nSPS) is 17.8. The number of rotatable bonds is 8. The van der Waals surface area contributed by atoms with Crippen LogP contribution in [0.3, 0.4) is 0 Å². The van der Waals surface area contributed by atoms with Gasteiger partial charge in [-0.05, 0) is 37.0 Å². The maximum absolute atomic E-state index is 12.9. The first-order chi connectivity index (χ1) is 15.2. The number of carbonyl (C=O) groups is 3. The van der Waals surface area contributed by atoms with Crippen LogP contribution in [0.15, 0.2) is 30.3 Å². The Morgan fingerprint density at radius 3 is 2.69 bits per heavy atom. The van der Waals surface area contributed by atoms with Crippen LogP contribution in [0.25, 0.3) is 0 Å². The van der Waals surface area contributed by atoms with Crippen LogP contribution in [0.1, 0.15) is 53.7 Å². The van der Waals surface area contributed by atoms with Gasteiger partial charge in [0.1, 0.15) is 17.0 Å². The molecule has 0 aliphatic carbocycles. The highest BCUT2D eigenvalue weighted by atomic mass is 16.5. The van der Waals surface area contributed by atoms with E-state index in [0.717, 1.165) is 12.0 Å². The van der Waals surface area contributed by atoms with Gasteiger partial charge in [0.15, 0.2) is 5.69 Å². The number of aromatic nitrogens is 2. The highest BCUT2D eigenvalue weighted by Crippen LogP contribution is 2.26. The molecule has 32 heavy (non-hydrogen) atoms. The highest BCUT2D eigenvalue weighted by molar-refractivity contribution is 6.01. The number of amides is 3. The molecule has 0 bridgehead atoms. The molecule has 0 spiro atoms. The zero-order valence-corrected chi connectivity index (χ0v) is 19.3. The van der Waals surface area contributed by atoms with Crippen molar-refractivity contribution in [2.24, 2.45) is 5.92 Å². The van der Waals surface area contributed by atoms with Crippen molar-refractivity contribution in [1.29, 1.82) is 0 Å². The summed E-state index contributed by atoms with van der Waals surface area (Å²) in [7, 11) is 3.18. The molecule has 1 aliphatic heterocycles. The van der Waals surface area contributed by atoms with Crippen molar-refractivity contribution in [2.75, 3.05) is 20.7 Å². The van der Waals surface area contributed by atoms with Crippen molar-refractivity contribution < 1.29 is 19.1 Å². The fourth-order valence-corrected chi connectivity index (χ4v) is 3.56. The zero-order chi connectivity index (χ0) is 23.5. The van der Waals surface area contributed by atoms with E-state index in [-0.39, 0.29) is 29.7 Å². The summed E-state index contributed by atoms with van der Waals surface area (Å²) >= 11 is 0.